The highest BCUT2D eigenvalue weighted by Crippen LogP contribution is 2.24. The van der Waals surface area contributed by atoms with Gasteiger partial charge in [0.05, 0.1) is 6.20 Å². The molecule has 0 saturated heterocycles. The molecule has 0 bridgehead atoms. The van der Waals surface area contributed by atoms with Crippen LogP contribution in [0.5, 0.6) is 0 Å². The summed E-state index contributed by atoms with van der Waals surface area (Å²) in [4.78, 5) is 4.40. The van der Waals surface area contributed by atoms with E-state index in [-0.39, 0.29) is 5.41 Å². The van der Waals surface area contributed by atoms with Crippen molar-refractivity contribution in [2.45, 2.75) is 19.3 Å². The number of hydrogen-bond acceptors (Lipinski definition) is 3. The molecule has 0 spiro atoms. The summed E-state index contributed by atoms with van der Waals surface area (Å²) in [6.45, 7) is 5.27. The largest absolute Gasteiger partial charge is 0.367 e. The molecule has 0 atom stereocenters. The van der Waals surface area contributed by atoms with E-state index in [1.807, 2.05) is 22.8 Å². The van der Waals surface area contributed by atoms with E-state index < -0.39 is 0 Å². The first-order chi connectivity index (χ1) is 9.67. The van der Waals surface area contributed by atoms with Gasteiger partial charge in [0, 0.05) is 24.4 Å². The minimum atomic E-state index is 0.0375. The van der Waals surface area contributed by atoms with Gasteiger partial charge in [-0.25, -0.2) is 9.50 Å². The van der Waals surface area contributed by atoms with Gasteiger partial charge in [-0.2, -0.15) is 5.10 Å². The predicted molar refractivity (Wildman–Crippen MR) is 80.9 cm³/mol. The first-order valence-electron chi connectivity index (χ1n) is 6.74. The molecule has 102 valence electrons. The minimum absolute atomic E-state index is 0.0375. The fourth-order valence-corrected chi connectivity index (χ4v) is 2.29. The average Bonchev–Trinajstić information content (AvgIpc) is 2.95. The van der Waals surface area contributed by atoms with Crippen LogP contribution in [0.1, 0.15) is 19.4 Å². The lowest BCUT2D eigenvalue weighted by Gasteiger charge is -2.26. The second-order valence-electron chi connectivity index (χ2n) is 5.54. The molecule has 2 aromatic heterocycles. The minimum Gasteiger partial charge on any atom is -0.367 e. The monoisotopic (exact) mass is 266 g/mol. The molecule has 4 heteroatoms. The standard InChI is InChI=1S/C16H18N4/c1-16(2,13-6-4-3-5-7-13)12-18-15-14-8-9-19-20(14)11-10-17-15/h3-11H,12H2,1-2H3,(H,17,18). The van der Waals surface area contributed by atoms with Crippen LogP contribution in [-0.2, 0) is 5.41 Å². The number of benzene rings is 1. The van der Waals surface area contributed by atoms with Gasteiger partial charge in [-0.15, -0.1) is 0 Å². The van der Waals surface area contributed by atoms with Crippen LogP contribution in [0.15, 0.2) is 55.0 Å². The summed E-state index contributed by atoms with van der Waals surface area (Å²) in [6, 6.07) is 12.5. The summed E-state index contributed by atoms with van der Waals surface area (Å²) in [5, 5.41) is 7.66. The average molecular weight is 266 g/mol. The first-order valence-corrected chi connectivity index (χ1v) is 6.74. The number of nitrogens with zero attached hydrogens (tertiary/aromatic N) is 3. The maximum atomic E-state index is 4.40. The molecule has 1 N–H and O–H groups in total. The second kappa shape index (κ2) is 4.96. The molecule has 4 nitrogen and oxygen atoms in total. The van der Waals surface area contributed by atoms with E-state index in [1.165, 1.54) is 5.56 Å². The third-order valence-electron chi connectivity index (χ3n) is 3.58. The fraction of sp³-hybridized carbons (Fsp3) is 0.250. The van der Waals surface area contributed by atoms with E-state index in [4.69, 9.17) is 0 Å². The van der Waals surface area contributed by atoms with Crippen molar-refractivity contribution in [3.05, 3.63) is 60.6 Å². The summed E-state index contributed by atoms with van der Waals surface area (Å²) < 4.78 is 1.82. The van der Waals surface area contributed by atoms with Crippen LogP contribution in [0.3, 0.4) is 0 Å². The Morgan fingerprint density at radius 3 is 2.70 bits per heavy atom. The van der Waals surface area contributed by atoms with E-state index in [9.17, 15) is 0 Å². The molecule has 0 saturated carbocycles. The molecule has 3 aromatic rings. The van der Waals surface area contributed by atoms with Crippen molar-refractivity contribution in [2.24, 2.45) is 0 Å². The molecular formula is C16H18N4. The molecule has 0 fully saturated rings. The van der Waals surface area contributed by atoms with Crippen LogP contribution in [0.4, 0.5) is 5.82 Å². The van der Waals surface area contributed by atoms with Gasteiger partial charge in [-0.05, 0) is 11.6 Å². The van der Waals surface area contributed by atoms with Crippen LogP contribution in [-0.4, -0.2) is 21.1 Å². The molecule has 2 heterocycles. The topological polar surface area (TPSA) is 42.2 Å². The van der Waals surface area contributed by atoms with Crippen LogP contribution in [0.2, 0.25) is 0 Å². The number of aromatic nitrogens is 3. The summed E-state index contributed by atoms with van der Waals surface area (Å²) >= 11 is 0. The van der Waals surface area contributed by atoms with Crippen molar-refractivity contribution >= 4 is 11.3 Å². The van der Waals surface area contributed by atoms with E-state index >= 15 is 0 Å². The van der Waals surface area contributed by atoms with Gasteiger partial charge >= 0.3 is 0 Å². The highest BCUT2D eigenvalue weighted by atomic mass is 15.2. The lowest BCUT2D eigenvalue weighted by atomic mass is 9.84. The lowest BCUT2D eigenvalue weighted by Crippen LogP contribution is -2.28. The highest BCUT2D eigenvalue weighted by molar-refractivity contribution is 5.66. The van der Waals surface area contributed by atoms with E-state index in [1.54, 1.807) is 12.4 Å². The van der Waals surface area contributed by atoms with Gasteiger partial charge in [0.25, 0.3) is 0 Å². The highest BCUT2D eigenvalue weighted by Gasteiger charge is 2.20. The molecule has 20 heavy (non-hydrogen) atoms. The smallest absolute Gasteiger partial charge is 0.152 e. The molecule has 0 aliphatic heterocycles. The van der Waals surface area contributed by atoms with Crippen LogP contribution in [0.25, 0.3) is 5.52 Å². The Hall–Kier alpha value is -2.36. The van der Waals surface area contributed by atoms with Gasteiger partial charge in [0.15, 0.2) is 5.82 Å². The quantitative estimate of drug-likeness (QED) is 0.789. The zero-order chi connectivity index (χ0) is 14.0. The van der Waals surface area contributed by atoms with Crippen LogP contribution < -0.4 is 5.32 Å². The van der Waals surface area contributed by atoms with Gasteiger partial charge in [0.2, 0.25) is 0 Å². The van der Waals surface area contributed by atoms with E-state index in [0.717, 1.165) is 17.9 Å². The fourth-order valence-electron chi connectivity index (χ4n) is 2.29. The van der Waals surface area contributed by atoms with Crippen molar-refractivity contribution in [3.8, 4) is 0 Å². The molecule has 3 rings (SSSR count). The Bertz CT molecular complexity index is 701. The lowest BCUT2D eigenvalue weighted by molar-refractivity contribution is 0.556. The Morgan fingerprint density at radius 2 is 1.90 bits per heavy atom. The van der Waals surface area contributed by atoms with E-state index in [2.05, 4.69) is 53.5 Å². The van der Waals surface area contributed by atoms with Crippen molar-refractivity contribution in [1.82, 2.24) is 14.6 Å². The molecule has 0 unspecified atom stereocenters. The number of rotatable bonds is 4. The summed E-state index contributed by atoms with van der Waals surface area (Å²) in [6.07, 6.45) is 5.39. The SMILES string of the molecule is CC(C)(CNc1nccn2nccc12)c1ccccc1. The Labute approximate surface area is 118 Å². The molecule has 0 aliphatic rings. The molecule has 1 aromatic carbocycles. The number of fused-ring (bicyclic) bond motifs is 1. The number of nitrogens with one attached hydrogen (secondary N) is 1. The van der Waals surface area contributed by atoms with Crippen molar-refractivity contribution < 1.29 is 0 Å². The second-order valence-corrected chi connectivity index (χ2v) is 5.54. The predicted octanol–water partition coefficient (Wildman–Crippen LogP) is 3.12. The Balaban J connectivity index is 1.81. The van der Waals surface area contributed by atoms with Crippen molar-refractivity contribution in [1.29, 1.82) is 0 Å². The maximum absolute atomic E-state index is 4.40. The van der Waals surface area contributed by atoms with Crippen LogP contribution in [0, 0.1) is 0 Å². The van der Waals surface area contributed by atoms with Gasteiger partial charge in [-0.3, -0.25) is 0 Å². The van der Waals surface area contributed by atoms with Gasteiger partial charge < -0.3 is 5.32 Å². The summed E-state index contributed by atoms with van der Waals surface area (Å²) in [7, 11) is 0. The molecule has 0 aliphatic carbocycles. The maximum Gasteiger partial charge on any atom is 0.152 e. The Morgan fingerprint density at radius 1 is 1.10 bits per heavy atom. The number of hydrogen-bond donors (Lipinski definition) is 1. The van der Waals surface area contributed by atoms with Crippen molar-refractivity contribution in [2.75, 3.05) is 11.9 Å². The third kappa shape index (κ3) is 2.37. The molecule has 0 radical (unpaired) electrons. The third-order valence-corrected chi connectivity index (χ3v) is 3.58. The first kappa shape index (κ1) is 12.7. The van der Waals surface area contributed by atoms with Gasteiger partial charge in [0.1, 0.15) is 5.52 Å². The van der Waals surface area contributed by atoms with Crippen molar-refractivity contribution in [3.63, 3.8) is 0 Å². The van der Waals surface area contributed by atoms with E-state index in [0.29, 0.717) is 0 Å². The Kier molecular flexibility index (Phi) is 3.14. The van der Waals surface area contributed by atoms with Crippen LogP contribution >= 0.6 is 0 Å². The summed E-state index contributed by atoms with van der Waals surface area (Å²) in [5.41, 5.74) is 2.35. The zero-order valence-electron chi connectivity index (χ0n) is 11.7. The van der Waals surface area contributed by atoms with Gasteiger partial charge in [-0.1, -0.05) is 44.2 Å². The molecule has 0 amide bonds. The molecular weight excluding hydrogens is 248 g/mol. The number of anilines is 1. The zero-order valence-corrected chi connectivity index (χ0v) is 11.7. The summed E-state index contributed by atoms with van der Waals surface area (Å²) in [5.74, 6) is 0.869. The normalized spacial score (nSPS) is 11.7.